The van der Waals surface area contributed by atoms with E-state index in [0.717, 1.165) is 30.6 Å². The summed E-state index contributed by atoms with van der Waals surface area (Å²) >= 11 is 0. The Bertz CT molecular complexity index is 1470. The normalized spacial score (nSPS) is 15.5. The van der Waals surface area contributed by atoms with Gasteiger partial charge in [-0.25, -0.2) is 18.0 Å². The Hall–Kier alpha value is -3.36. The van der Waals surface area contributed by atoms with Crippen molar-refractivity contribution in [1.29, 1.82) is 0 Å². The van der Waals surface area contributed by atoms with E-state index in [2.05, 4.69) is 34.1 Å². The minimum Gasteiger partial charge on any atom is -0.444 e. The number of hydrogen-bond donors (Lipinski definition) is 3. The van der Waals surface area contributed by atoms with Crippen LogP contribution in [0.2, 0.25) is 0 Å². The average Bonchev–Trinajstić information content (AvgIpc) is 2.92. The van der Waals surface area contributed by atoms with E-state index in [0.29, 0.717) is 22.0 Å². The van der Waals surface area contributed by atoms with Crippen molar-refractivity contribution < 1.29 is 40.7 Å². The molecule has 4 rings (SSSR count). The third-order valence-electron chi connectivity index (χ3n) is 6.71. The second-order valence-corrected chi connectivity index (χ2v) is 14.8. The van der Waals surface area contributed by atoms with Crippen LogP contribution in [0.15, 0.2) is 36.4 Å². The fourth-order valence-electron chi connectivity index (χ4n) is 4.67. The number of amides is 2. The van der Waals surface area contributed by atoms with Gasteiger partial charge < -0.3 is 25.4 Å². The minimum absolute atomic E-state index is 0.119. The third kappa shape index (κ3) is 11.2. The molecule has 0 aromatic heterocycles. The first kappa shape index (κ1) is 36.1. The van der Waals surface area contributed by atoms with Crippen LogP contribution in [0.25, 0.3) is 0 Å². The van der Waals surface area contributed by atoms with Crippen LogP contribution in [-0.2, 0) is 58.5 Å². The molecule has 2 amide bonds. The first-order chi connectivity index (χ1) is 20.7. The standard InChI is InChI=1S/C16H21F3N2O4S.C15H22N2O2/c1-15(2,3)25-14(22)20-9-11-4-5-12-6-7-21(10-13(12)8-11)26(23,24)16(17,18)19;1-15(2,3)19-14(18)17-9-11-4-5-12-6-7-16-10-13(12)8-11/h4-5,8H,6-7,9-10H2,1-3H3,(H,20,22);4-5,8,16H,6-7,9-10H2,1-3H3,(H,17,18). The molecular formula is C31H43F3N4O6S. The molecule has 0 fully saturated rings. The highest BCUT2D eigenvalue weighted by Crippen LogP contribution is 2.31. The van der Waals surface area contributed by atoms with Gasteiger partial charge in [-0.2, -0.15) is 17.5 Å². The lowest BCUT2D eigenvalue weighted by Gasteiger charge is -2.29. The maximum atomic E-state index is 12.7. The molecule has 0 unspecified atom stereocenters. The van der Waals surface area contributed by atoms with Gasteiger partial charge in [-0.05, 0) is 94.3 Å². The molecule has 0 radical (unpaired) electrons. The molecule has 0 saturated carbocycles. The van der Waals surface area contributed by atoms with Gasteiger partial charge in [0.05, 0.1) is 0 Å². The summed E-state index contributed by atoms with van der Waals surface area (Å²) < 4.78 is 72.1. The zero-order valence-electron chi connectivity index (χ0n) is 26.6. The highest BCUT2D eigenvalue weighted by atomic mass is 32.2. The van der Waals surface area contributed by atoms with Crippen LogP contribution in [-0.4, -0.2) is 54.7 Å². The van der Waals surface area contributed by atoms with Crippen molar-refractivity contribution in [3.63, 3.8) is 0 Å². The quantitative estimate of drug-likeness (QED) is 0.400. The van der Waals surface area contributed by atoms with Gasteiger partial charge in [0.25, 0.3) is 0 Å². The molecule has 0 spiro atoms. The van der Waals surface area contributed by atoms with E-state index < -0.39 is 32.8 Å². The number of alkyl carbamates (subject to hydrolysis) is 2. The summed E-state index contributed by atoms with van der Waals surface area (Å²) in [5, 5.41) is 8.69. The molecule has 2 aromatic carbocycles. The van der Waals surface area contributed by atoms with Crippen molar-refractivity contribution in [3.05, 3.63) is 69.8 Å². The Balaban J connectivity index is 0.000000257. The molecule has 45 heavy (non-hydrogen) atoms. The first-order valence-corrected chi connectivity index (χ1v) is 16.1. The third-order valence-corrected chi connectivity index (χ3v) is 8.29. The molecule has 0 bridgehead atoms. The Kier molecular flexibility index (Phi) is 11.5. The van der Waals surface area contributed by atoms with Crippen molar-refractivity contribution in [2.45, 2.75) is 97.3 Å². The van der Waals surface area contributed by atoms with Crippen molar-refractivity contribution >= 4 is 22.2 Å². The van der Waals surface area contributed by atoms with Gasteiger partial charge in [0, 0.05) is 32.7 Å². The van der Waals surface area contributed by atoms with Crippen molar-refractivity contribution in [2.75, 3.05) is 13.1 Å². The SMILES string of the molecule is CC(C)(C)OC(=O)NCc1ccc2c(c1)CN(S(=O)(=O)C(F)(F)F)CC2.CC(C)(C)OC(=O)NCc1ccc2c(c1)CNCC2. The van der Waals surface area contributed by atoms with Crippen LogP contribution in [0.3, 0.4) is 0 Å². The highest BCUT2D eigenvalue weighted by Gasteiger charge is 2.50. The number of carbonyl (C=O) groups is 2. The molecule has 2 aliphatic heterocycles. The minimum atomic E-state index is -5.36. The number of alkyl halides is 3. The summed E-state index contributed by atoms with van der Waals surface area (Å²) in [6, 6.07) is 11.5. The van der Waals surface area contributed by atoms with Crippen LogP contribution in [0.1, 0.15) is 74.9 Å². The van der Waals surface area contributed by atoms with Crippen LogP contribution >= 0.6 is 0 Å². The van der Waals surface area contributed by atoms with E-state index in [1.54, 1.807) is 39.0 Å². The second-order valence-electron chi connectivity index (χ2n) is 12.9. The molecular weight excluding hydrogens is 613 g/mol. The number of nitrogens with zero attached hydrogens (tertiary/aromatic N) is 1. The number of benzene rings is 2. The maximum Gasteiger partial charge on any atom is 0.511 e. The first-order valence-electron chi connectivity index (χ1n) is 14.7. The van der Waals surface area contributed by atoms with Crippen LogP contribution in [0.5, 0.6) is 0 Å². The van der Waals surface area contributed by atoms with Gasteiger partial charge in [0.1, 0.15) is 11.2 Å². The van der Waals surface area contributed by atoms with Gasteiger partial charge in [-0.3, -0.25) is 0 Å². The van der Waals surface area contributed by atoms with Gasteiger partial charge in [-0.1, -0.05) is 36.4 Å². The van der Waals surface area contributed by atoms with Crippen LogP contribution in [0.4, 0.5) is 22.8 Å². The zero-order chi connectivity index (χ0) is 33.6. The maximum absolute atomic E-state index is 12.7. The summed E-state index contributed by atoms with van der Waals surface area (Å²) in [7, 11) is -5.36. The summed E-state index contributed by atoms with van der Waals surface area (Å²) in [4.78, 5) is 23.2. The topological polar surface area (TPSA) is 126 Å². The molecule has 2 aliphatic rings. The molecule has 0 saturated heterocycles. The second kappa shape index (κ2) is 14.4. The Morgan fingerprint density at radius 2 is 1.29 bits per heavy atom. The van der Waals surface area contributed by atoms with Gasteiger partial charge >= 0.3 is 27.7 Å². The number of hydrogen-bond acceptors (Lipinski definition) is 7. The molecule has 0 atom stereocenters. The summed E-state index contributed by atoms with van der Waals surface area (Å²) in [5.41, 5.74) is -0.660. The fraction of sp³-hybridized carbons (Fsp3) is 0.548. The van der Waals surface area contributed by atoms with E-state index in [4.69, 9.17) is 9.47 Å². The molecule has 0 aliphatic carbocycles. The van der Waals surface area contributed by atoms with Crippen LogP contribution in [0, 0.1) is 0 Å². The Morgan fingerprint density at radius 1 is 0.800 bits per heavy atom. The molecule has 10 nitrogen and oxygen atoms in total. The monoisotopic (exact) mass is 656 g/mol. The molecule has 2 heterocycles. The van der Waals surface area contributed by atoms with Gasteiger partial charge in [0.15, 0.2) is 0 Å². The van der Waals surface area contributed by atoms with E-state index in [1.165, 1.54) is 11.1 Å². The number of halogens is 3. The van der Waals surface area contributed by atoms with Crippen molar-refractivity contribution in [1.82, 2.24) is 20.3 Å². The van der Waals surface area contributed by atoms with E-state index >= 15 is 0 Å². The molecule has 14 heteroatoms. The fourth-order valence-corrected chi connectivity index (χ4v) is 5.60. The van der Waals surface area contributed by atoms with Gasteiger partial charge in [0.2, 0.25) is 0 Å². The van der Waals surface area contributed by atoms with Crippen LogP contribution < -0.4 is 16.0 Å². The number of sulfonamides is 1. The van der Waals surface area contributed by atoms with E-state index in [-0.39, 0.29) is 32.1 Å². The number of ether oxygens (including phenoxy) is 2. The largest absolute Gasteiger partial charge is 0.511 e. The Morgan fingerprint density at radius 3 is 1.78 bits per heavy atom. The predicted octanol–water partition coefficient (Wildman–Crippen LogP) is 5.28. The molecule has 2 aromatic rings. The van der Waals surface area contributed by atoms with E-state index in [1.807, 2.05) is 20.8 Å². The molecule has 250 valence electrons. The lowest BCUT2D eigenvalue weighted by molar-refractivity contribution is -0.0492. The lowest BCUT2D eigenvalue weighted by atomic mass is 9.98. The van der Waals surface area contributed by atoms with Crippen molar-refractivity contribution in [2.24, 2.45) is 0 Å². The Labute approximate surface area is 263 Å². The smallest absolute Gasteiger partial charge is 0.444 e. The summed E-state index contributed by atoms with van der Waals surface area (Å²) in [5.74, 6) is 0. The molecule has 3 N–H and O–H groups in total. The zero-order valence-corrected chi connectivity index (χ0v) is 27.4. The van der Waals surface area contributed by atoms with Gasteiger partial charge in [-0.15, -0.1) is 0 Å². The van der Waals surface area contributed by atoms with E-state index in [9.17, 15) is 31.2 Å². The van der Waals surface area contributed by atoms with Crippen molar-refractivity contribution in [3.8, 4) is 0 Å². The lowest BCUT2D eigenvalue weighted by Crippen LogP contribution is -2.43. The number of rotatable bonds is 5. The highest BCUT2D eigenvalue weighted by molar-refractivity contribution is 7.89. The number of carbonyl (C=O) groups excluding carboxylic acids is 2. The number of nitrogens with one attached hydrogen (secondary N) is 3. The average molecular weight is 657 g/mol. The summed E-state index contributed by atoms with van der Waals surface area (Å²) in [6.07, 6.45) is 0.291. The number of fused-ring (bicyclic) bond motifs is 2. The predicted molar refractivity (Wildman–Crippen MR) is 164 cm³/mol. The summed E-state index contributed by atoms with van der Waals surface area (Å²) in [6.45, 7) is 12.8.